The lowest BCUT2D eigenvalue weighted by Gasteiger charge is -2.25. The minimum atomic E-state index is 0.883. The molecule has 0 bridgehead atoms. The second kappa shape index (κ2) is 9.55. The maximum Gasteiger partial charge on any atom is 0.135 e. The molecule has 0 N–H and O–H groups in total. The van der Waals surface area contributed by atoms with E-state index in [9.17, 15) is 0 Å². The van der Waals surface area contributed by atoms with E-state index in [-0.39, 0.29) is 0 Å². The van der Waals surface area contributed by atoms with Gasteiger partial charge < -0.3 is 9.32 Å². The van der Waals surface area contributed by atoms with Crippen molar-refractivity contribution in [3.8, 4) is 11.1 Å². The largest absolute Gasteiger partial charge is 0.456 e. The summed E-state index contributed by atoms with van der Waals surface area (Å²) in [5.41, 5.74) is 7.30. The number of anilines is 3. The molecule has 0 fully saturated rings. The predicted molar refractivity (Wildman–Crippen MR) is 182 cm³/mol. The fraction of sp³-hybridized carbons (Fsp3) is 0. The van der Waals surface area contributed by atoms with Crippen molar-refractivity contribution in [2.75, 3.05) is 4.90 Å². The number of pyridine rings is 1. The standard InChI is InChI=1S/C39H24N2OS/c1-2-8-25(9-3-1)26-14-17-28(18-15-26)41(29-19-20-36-33(22-29)32-12-6-7-13-35(32)42-36)30-23-34-38-31-11-5-4-10-27(31)16-21-37(38)43-39(34)40-24-30/h1-24H. The number of hydrogen-bond donors (Lipinski definition) is 0. The third-order valence-electron chi connectivity index (χ3n) is 8.31. The van der Waals surface area contributed by atoms with E-state index in [4.69, 9.17) is 9.40 Å². The highest BCUT2D eigenvalue weighted by molar-refractivity contribution is 7.25. The Hall–Kier alpha value is -5.45. The molecule has 0 unspecified atom stereocenters. The van der Waals surface area contributed by atoms with E-state index >= 15 is 0 Å². The summed E-state index contributed by atoms with van der Waals surface area (Å²) in [6.07, 6.45) is 2.00. The van der Waals surface area contributed by atoms with Crippen LogP contribution in [0, 0.1) is 0 Å². The van der Waals surface area contributed by atoms with Crippen molar-refractivity contribution in [3.05, 3.63) is 146 Å². The first-order valence-corrected chi connectivity index (χ1v) is 15.2. The van der Waals surface area contributed by atoms with E-state index in [0.717, 1.165) is 43.8 Å². The van der Waals surface area contributed by atoms with Crippen LogP contribution in [0.5, 0.6) is 0 Å². The molecule has 43 heavy (non-hydrogen) atoms. The Morgan fingerprint density at radius 2 is 1.21 bits per heavy atom. The van der Waals surface area contributed by atoms with Gasteiger partial charge in [-0.2, -0.15) is 0 Å². The molecule has 9 aromatic rings. The monoisotopic (exact) mass is 568 g/mol. The summed E-state index contributed by atoms with van der Waals surface area (Å²) in [5, 5.41) is 7.15. The molecule has 202 valence electrons. The van der Waals surface area contributed by atoms with Crippen molar-refractivity contribution in [3.63, 3.8) is 0 Å². The quantitative estimate of drug-likeness (QED) is 0.211. The van der Waals surface area contributed by atoms with Crippen LogP contribution in [0.3, 0.4) is 0 Å². The molecule has 0 aliphatic heterocycles. The van der Waals surface area contributed by atoms with Crippen molar-refractivity contribution in [2.24, 2.45) is 0 Å². The first kappa shape index (κ1) is 24.2. The molecular weight excluding hydrogens is 545 g/mol. The number of benzene rings is 6. The summed E-state index contributed by atoms with van der Waals surface area (Å²) in [4.78, 5) is 8.37. The van der Waals surface area contributed by atoms with Gasteiger partial charge in [-0.3, -0.25) is 0 Å². The van der Waals surface area contributed by atoms with E-state index in [1.165, 1.54) is 37.4 Å². The number of aromatic nitrogens is 1. The smallest absolute Gasteiger partial charge is 0.135 e. The highest BCUT2D eigenvalue weighted by atomic mass is 32.1. The van der Waals surface area contributed by atoms with E-state index in [1.807, 2.05) is 18.3 Å². The van der Waals surface area contributed by atoms with Crippen molar-refractivity contribution >= 4 is 81.4 Å². The number of furan rings is 1. The van der Waals surface area contributed by atoms with Crippen LogP contribution in [0.15, 0.2) is 150 Å². The molecular formula is C39H24N2OS. The SMILES string of the molecule is c1ccc(-c2ccc(N(c3ccc4oc5ccccc5c4c3)c3cnc4sc5ccc6ccccc6c5c4c3)cc2)cc1. The zero-order valence-corrected chi connectivity index (χ0v) is 23.9. The van der Waals surface area contributed by atoms with E-state index in [2.05, 4.69) is 132 Å². The van der Waals surface area contributed by atoms with E-state index in [1.54, 1.807) is 11.3 Å². The molecule has 0 atom stereocenters. The van der Waals surface area contributed by atoms with Gasteiger partial charge in [0.05, 0.1) is 11.9 Å². The van der Waals surface area contributed by atoms with Gasteiger partial charge in [0.15, 0.2) is 0 Å². The summed E-state index contributed by atoms with van der Waals surface area (Å²) in [5.74, 6) is 0. The van der Waals surface area contributed by atoms with Crippen LogP contribution >= 0.6 is 11.3 Å². The Bertz CT molecular complexity index is 2460. The first-order valence-electron chi connectivity index (χ1n) is 14.4. The van der Waals surface area contributed by atoms with Crippen molar-refractivity contribution in [2.45, 2.75) is 0 Å². The maximum atomic E-state index is 6.17. The molecule has 3 aromatic heterocycles. The lowest BCUT2D eigenvalue weighted by molar-refractivity contribution is 0.669. The fourth-order valence-electron chi connectivity index (χ4n) is 6.28. The maximum absolute atomic E-state index is 6.17. The highest BCUT2D eigenvalue weighted by Crippen LogP contribution is 2.43. The van der Waals surface area contributed by atoms with Crippen molar-refractivity contribution in [1.29, 1.82) is 0 Å². The molecule has 3 heterocycles. The second-order valence-corrected chi connectivity index (χ2v) is 11.9. The number of para-hydroxylation sites is 1. The van der Waals surface area contributed by atoms with Crippen molar-refractivity contribution < 1.29 is 4.42 Å². The van der Waals surface area contributed by atoms with Gasteiger partial charge in [0.2, 0.25) is 0 Å². The third-order valence-corrected chi connectivity index (χ3v) is 9.39. The Labute approximate surface area is 251 Å². The molecule has 0 saturated carbocycles. The molecule has 0 amide bonds. The van der Waals surface area contributed by atoms with Crippen LogP contribution < -0.4 is 4.90 Å². The fourth-order valence-corrected chi connectivity index (χ4v) is 7.32. The summed E-state index contributed by atoms with van der Waals surface area (Å²) in [6, 6.07) is 49.3. The number of nitrogens with zero attached hydrogens (tertiary/aromatic N) is 2. The van der Waals surface area contributed by atoms with Crippen LogP contribution in [0.2, 0.25) is 0 Å². The Morgan fingerprint density at radius 1 is 0.512 bits per heavy atom. The Kier molecular flexibility index (Phi) is 5.37. The van der Waals surface area contributed by atoms with Crippen LogP contribution in [-0.4, -0.2) is 4.98 Å². The van der Waals surface area contributed by atoms with Gasteiger partial charge in [-0.05, 0) is 70.4 Å². The zero-order valence-electron chi connectivity index (χ0n) is 23.1. The van der Waals surface area contributed by atoms with Crippen molar-refractivity contribution in [1.82, 2.24) is 4.98 Å². The molecule has 9 rings (SSSR count). The Balaban J connectivity index is 1.27. The average Bonchev–Trinajstić information content (AvgIpc) is 3.64. The second-order valence-electron chi connectivity index (χ2n) is 10.8. The number of hydrogen-bond acceptors (Lipinski definition) is 4. The van der Waals surface area contributed by atoms with Gasteiger partial charge in [-0.1, -0.05) is 91.0 Å². The topological polar surface area (TPSA) is 29.3 Å². The molecule has 0 aliphatic rings. The summed E-state index contributed by atoms with van der Waals surface area (Å²) >= 11 is 1.75. The molecule has 0 spiro atoms. The third kappa shape index (κ3) is 3.92. The van der Waals surface area contributed by atoms with E-state index < -0.39 is 0 Å². The summed E-state index contributed by atoms with van der Waals surface area (Å²) < 4.78 is 7.42. The number of thiophene rings is 1. The first-order chi connectivity index (χ1) is 21.3. The van der Waals surface area contributed by atoms with Crippen LogP contribution in [0.4, 0.5) is 17.1 Å². The number of fused-ring (bicyclic) bond motifs is 8. The van der Waals surface area contributed by atoms with Gasteiger partial charge >= 0.3 is 0 Å². The molecule has 0 aliphatic carbocycles. The minimum Gasteiger partial charge on any atom is -0.456 e. The molecule has 3 nitrogen and oxygen atoms in total. The normalized spacial score (nSPS) is 11.7. The lowest BCUT2D eigenvalue weighted by Crippen LogP contribution is -2.10. The average molecular weight is 569 g/mol. The summed E-state index contributed by atoms with van der Waals surface area (Å²) in [6.45, 7) is 0. The lowest BCUT2D eigenvalue weighted by atomic mass is 10.0. The van der Waals surface area contributed by atoms with E-state index in [0.29, 0.717) is 0 Å². The van der Waals surface area contributed by atoms with Gasteiger partial charge in [0, 0.05) is 37.6 Å². The van der Waals surface area contributed by atoms with Crippen LogP contribution in [0.1, 0.15) is 0 Å². The predicted octanol–water partition coefficient (Wildman–Crippen LogP) is 11.6. The van der Waals surface area contributed by atoms with Gasteiger partial charge in [-0.15, -0.1) is 11.3 Å². The van der Waals surface area contributed by atoms with Crippen LogP contribution in [-0.2, 0) is 0 Å². The zero-order chi connectivity index (χ0) is 28.3. The minimum absolute atomic E-state index is 0.883. The Morgan fingerprint density at radius 3 is 2.09 bits per heavy atom. The highest BCUT2D eigenvalue weighted by Gasteiger charge is 2.18. The summed E-state index contributed by atoms with van der Waals surface area (Å²) in [7, 11) is 0. The molecule has 0 radical (unpaired) electrons. The van der Waals surface area contributed by atoms with Gasteiger partial charge in [0.1, 0.15) is 16.0 Å². The number of rotatable bonds is 4. The molecule has 4 heteroatoms. The van der Waals surface area contributed by atoms with Gasteiger partial charge in [-0.25, -0.2) is 4.98 Å². The van der Waals surface area contributed by atoms with Gasteiger partial charge in [0.25, 0.3) is 0 Å². The molecule has 6 aromatic carbocycles. The molecule has 0 saturated heterocycles. The van der Waals surface area contributed by atoms with Crippen LogP contribution in [0.25, 0.3) is 64.1 Å².